The molecule has 2 heterocycles. The van der Waals surface area contributed by atoms with Crippen LogP contribution in [0.5, 0.6) is 17.2 Å². The van der Waals surface area contributed by atoms with Gasteiger partial charge in [0, 0.05) is 31.1 Å². The molecule has 0 radical (unpaired) electrons. The fourth-order valence-corrected chi connectivity index (χ4v) is 3.56. The van der Waals surface area contributed by atoms with Gasteiger partial charge < -0.3 is 24.1 Å². The number of aryl methyl sites for hydroxylation is 1. The third-order valence-electron chi connectivity index (χ3n) is 4.73. The minimum absolute atomic E-state index is 0.132. The summed E-state index contributed by atoms with van der Waals surface area (Å²) in [7, 11) is 3.47. The first-order chi connectivity index (χ1) is 14.6. The minimum atomic E-state index is -0.487. The number of carbonyl (C=O) groups is 1. The van der Waals surface area contributed by atoms with E-state index in [1.165, 1.54) is 6.08 Å². The van der Waals surface area contributed by atoms with E-state index in [9.17, 15) is 4.79 Å². The summed E-state index contributed by atoms with van der Waals surface area (Å²) in [6.07, 6.45) is 6.63. The summed E-state index contributed by atoms with van der Waals surface area (Å²) in [6, 6.07) is 10.5. The van der Waals surface area contributed by atoms with E-state index in [1.807, 2.05) is 42.1 Å². The Kier molecular flexibility index (Phi) is 5.63. The third kappa shape index (κ3) is 3.97. The number of carbonyl (C=O) groups excluding carboxylic acids is 1. The highest BCUT2D eigenvalue weighted by Gasteiger charge is 2.23. The lowest BCUT2D eigenvalue weighted by atomic mass is 10.0. The molecule has 1 aliphatic rings. The van der Waals surface area contributed by atoms with Gasteiger partial charge in [-0.3, -0.25) is 4.79 Å². The molecule has 1 aliphatic heterocycles. The number of fused-ring (bicyclic) bond motifs is 1. The standard InChI is InChI=1S/C22H20ClN3O4/c1-26-10-9-24-22(26)20(15-5-3-4-6-17(15)28-2)25-19(27)8-7-14-11-16(23)21-18(12-14)29-13-30-21/h3-12,20H,13H2,1-2H3,(H,25,27)/b8-7+. The van der Waals surface area contributed by atoms with Gasteiger partial charge >= 0.3 is 0 Å². The molecule has 4 rings (SSSR count). The highest BCUT2D eigenvalue weighted by atomic mass is 35.5. The molecule has 1 atom stereocenters. The fourth-order valence-electron chi connectivity index (χ4n) is 3.29. The molecule has 1 aromatic heterocycles. The summed E-state index contributed by atoms with van der Waals surface area (Å²) in [5.74, 6) is 2.14. The molecule has 8 heteroatoms. The van der Waals surface area contributed by atoms with E-state index in [2.05, 4.69) is 10.3 Å². The Bertz CT molecular complexity index is 1110. The molecule has 0 saturated carbocycles. The van der Waals surface area contributed by atoms with Crippen LogP contribution in [0, 0.1) is 0 Å². The summed E-state index contributed by atoms with van der Waals surface area (Å²) in [6.45, 7) is 0.132. The normalized spacial score (nSPS) is 13.4. The number of hydrogen-bond donors (Lipinski definition) is 1. The lowest BCUT2D eigenvalue weighted by molar-refractivity contribution is -0.117. The first-order valence-electron chi connectivity index (χ1n) is 9.24. The molecule has 1 amide bonds. The topological polar surface area (TPSA) is 74.6 Å². The Labute approximate surface area is 178 Å². The van der Waals surface area contributed by atoms with Crippen LogP contribution in [0.4, 0.5) is 0 Å². The lowest BCUT2D eigenvalue weighted by Crippen LogP contribution is -2.30. The molecule has 3 aromatic rings. The quantitative estimate of drug-likeness (QED) is 0.609. The van der Waals surface area contributed by atoms with Crippen LogP contribution in [-0.4, -0.2) is 29.4 Å². The number of nitrogens with one attached hydrogen (secondary N) is 1. The van der Waals surface area contributed by atoms with Crippen LogP contribution in [0.2, 0.25) is 5.02 Å². The molecule has 0 aliphatic carbocycles. The molecule has 0 bridgehead atoms. The van der Waals surface area contributed by atoms with Crippen molar-refractivity contribution in [3.8, 4) is 17.2 Å². The van der Waals surface area contributed by atoms with Gasteiger partial charge in [0.25, 0.3) is 0 Å². The van der Waals surface area contributed by atoms with Gasteiger partial charge in [-0.25, -0.2) is 4.98 Å². The predicted molar refractivity (Wildman–Crippen MR) is 113 cm³/mol. The fraction of sp³-hybridized carbons (Fsp3) is 0.182. The molecular weight excluding hydrogens is 406 g/mol. The Morgan fingerprint density at radius 1 is 1.33 bits per heavy atom. The van der Waals surface area contributed by atoms with Crippen molar-refractivity contribution >= 4 is 23.6 Å². The van der Waals surface area contributed by atoms with E-state index in [1.54, 1.807) is 31.5 Å². The van der Waals surface area contributed by atoms with Crippen molar-refractivity contribution in [3.05, 3.63) is 76.8 Å². The molecule has 2 aromatic carbocycles. The van der Waals surface area contributed by atoms with E-state index >= 15 is 0 Å². The Hall–Kier alpha value is -3.45. The van der Waals surface area contributed by atoms with Crippen molar-refractivity contribution in [1.29, 1.82) is 0 Å². The van der Waals surface area contributed by atoms with E-state index in [0.717, 1.165) is 11.1 Å². The average Bonchev–Trinajstić information content (AvgIpc) is 3.39. The number of aromatic nitrogens is 2. The van der Waals surface area contributed by atoms with Gasteiger partial charge in [0.15, 0.2) is 11.5 Å². The Balaban J connectivity index is 1.59. The molecule has 0 saturated heterocycles. The molecule has 0 spiro atoms. The third-order valence-corrected chi connectivity index (χ3v) is 5.01. The minimum Gasteiger partial charge on any atom is -0.496 e. The van der Waals surface area contributed by atoms with Gasteiger partial charge in [0.1, 0.15) is 17.6 Å². The second-order valence-corrected chi connectivity index (χ2v) is 7.06. The van der Waals surface area contributed by atoms with E-state index in [4.69, 9.17) is 25.8 Å². The van der Waals surface area contributed by atoms with E-state index in [0.29, 0.717) is 28.1 Å². The monoisotopic (exact) mass is 425 g/mol. The SMILES string of the molecule is COc1ccccc1C(NC(=O)/C=C/c1cc(Cl)c2c(c1)OCO2)c1nccn1C. The predicted octanol–water partition coefficient (Wildman–Crippen LogP) is 3.73. The summed E-state index contributed by atoms with van der Waals surface area (Å²) in [5, 5.41) is 3.45. The summed E-state index contributed by atoms with van der Waals surface area (Å²) >= 11 is 6.21. The number of halogens is 1. The van der Waals surface area contributed by atoms with E-state index < -0.39 is 6.04 Å². The van der Waals surface area contributed by atoms with Gasteiger partial charge in [0.2, 0.25) is 12.7 Å². The van der Waals surface area contributed by atoms with Crippen molar-refractivity contribution in [2.24, 2.45) is 7.05 Å². The first-order valence-corrected chi connectivity index (χ1v) is 9.62. The maximum absolute atomic E-state index is 12.8. The van der Waals surface area contributed by atoms with Crippen molar-refractivity contribution < 1.29 is 19.0 Å². The molecular formula is C22H20ClN3O4. The van der Waals surface area contributed by atoms with Crippen LogP contribution in [-0.2, 0) is 11.8 Å². The van der Waals surface area contributed by atoms with Crippen molar-refractivity contribution in [2.45, 2.75) is 6.04 Å². The number of amides is 1. The largest absolute Gasteiger partial charge is 0.496 e. The number of methoxy groups -OCH3 is 1. The molecule has 154 valence electrons. The van der Waals surface area contributed by atoms with Crippen LogP contribution in [0.3, 0.4) is 0 Å². The maximum Gasteiger partial charge on any atom is 0.244 e. The average molecular weight is 426 g/mol. The highest BCUT2D eigenvalue weighted by molar-refractivity contribution is 6.32. The van der Waals surface area contributed by atoms with Gasteiger partial charge in [-0.15, -0.1) is 0 Å². The smallest absolute Gasteiger partial charge is 0.244 e. The van der Waals surface area contributed by atoms with Crippen molar-refractivity contribution in [3.63, 3.8) is 0 Å². The van der Waals surface area contributed by atoms with Gasteiger partial charge in [0.05, 0.1) is 12.1 Å². The number of ether oxygens (including phenoxy) is 3. The Morgan fingerprint density at radius 2 is 2.17 bits per heavy atom. The number of nitrogens with zero attached hydrogens (tertiary/aromatic N) is 2. The zero-order valence-corrected chi connectivity index (χ0v) is 17.2. The van der Waals surface area contributed by atoms with Gasteiger partial charge in [-0.1, -0.05) is 29.8 Å². The summed E-state index contributed by atoms with van der Waals surface area (Å²) in [5.41, 5.74) is 1.53. The second-order valence-electron chi connectivity index (χ2n) is 6.65. The maximum atomic E-state index is 12.8. The number of benzene rings is 2. The van der Waals surface area contributed by atoms with Gasteiger partial charge in [-0.2, -0.15) is 0 Å². The number of para-hydroxylation sites is 1. The number of hydrogen-bond acceptors (Lipinski definition) is 5. The first kappa shape index (κ1) is 19.8. The Morgan fingerprint density at radius 3 is 2.93 bits per heavy atom. The van der Waals surface area contributed by atoms with Crippen LogP contribution in [0.25, 0.3) is 6.08 Å². The molecule has 1 unspecified atom stereocenters. The molecule has 7 nitrogen and oxygen atoms in total. The van der Waals surface area contributed by atoms with Crippen molar-refractivity contribution in [1.82, 2.24) is 14.9 Å². The summed E-state index contributed by atoms with van der Waals surface area (Å²) in [4.78, 5) is 17.2. The summed E-state index contributed by atoms with van der Waals surface area (Å²) < 4.78 is 18.0. The lowest BCUT2D eigenvalue weighted by Gasteiger charge is -2.20. The van der Waals surface area contributed by atoms with Crippen LogP contribution < -0.4 is 19.5 Å². The molecule has 30 heavy (non-hydrogen) atoms. The van der Waals surface area contributed by atoms with Crippen LogP contribution >= 0.6 is 11.6 Å². The van der Waals surface area contributed by atoms with Gasteiger partial charge in [-0.05, 0) is 29.8 Å². The number of imidazole rings is 1. The zero-order chi connectivity index (χ0) is 21.1. The number of rotatable bonds is 6. The second kappa shape index (κ2) is 8.51. The zero-order valence-electron chi connectivity index (χ0n) is 16.5. The molecule has 1 N–H and O–H groups in total. The molecule has 0 fully saturated rings. The highest BCUT2D eigenvalue weighted by Crippen LogP contribution is 2.40. The van der Waals surface area contributed by atoms with E-state index in [-0.39, 0.29) is 12.7 Å². The van der Waals surface area contributed by atoms with Crippen LogP contribution in [0.15, 0.2) is 54.9 Å². The van der Waals surface area contributed by atoms with Crippen LogP contribution in [0.1, 0.15) is 23.0 Å². The van der Waals surface area contributed by atoms with Crippen molar-refractivity contribution in [2.75, 3.05) is 13.9 Å².